The summed E-state index contributed by atoms with van der Waals surface area (Å²) in [7, 11) is 1.53. The van der Waals surface area contributed by atoms with Crippen LogP contribution in [-0.2, 0) is 46.0 Å². The van der Waals surface area contributed by atoms with E-state index in [1.54, 1.807) is 132 Å². The Kier molecular flexibility index (Phi) is 3.21. The Labute approximate surface area is 297 Å². The molecule has 9 aliphatic carbocycles. The summed E-state index contributed by atoms with van der Waals surface area (Å²) in [5.74, 6) is -0.101. The molecule has 2 unspecified atom stereocenters. The van der Waals surface area contributed by atoms with Crippen LogP contribution >= 0.6 is 0 Å². The van der Waals surface area contributed by atoms with E-state index in [4.69, 9.17) is 4.74 Å². The maximum absolute atomic E-state index is 12.7. The number of fused-ring (bicyclic) bond motifs is 1. The first-order valence-electron chi connectivity index (χ1n) is 19.5. The third-order valence-electron chi connectivity index (χ3n) is 16.7. The summed E-state index contributed by atoms with van der Waals surface area (Å²) in [5, 5.41) is 19.0. The standard InChI is InChI=1S/C50H28O2/c1-52-30(51)8-5-10-49(27-6-3-2-4-7-27)48-11-9-20-12-21-13-22-14-23-15-24-16-25-17-28-29-18-26(19-48)36-37(29)41-38(31(25)28)34(24)39-32(23)33(22)40-35(21)44-45(43(41)42(39)40)47(36)50(48,49)46(20)44/h2-4,6-7,9,11-12,15-16,19H,5,8,10,13-14,17-18H2,1H3/t48?,49-,50?/m0/s1. The predicted octanol–water partition coefficient (Wildman–Crippen LogP) is 10.5. The molecule has 8 aromatic rings. The lowest BCUT2D eigenvalue weighted by Gasteiger charge is -2.32. The van der Waals surface area contributed by atoms with Crippen LogP contribution in [0.2, 0.25) is 0 Å². The highest BCUT2D eigenvalue weighted by Gasteiger charge is 2.89. The summed E-state index contributed by atoms with van der Waals surface area (Å²) in [5.41, 5.74) is 23.2. The molecule has 2 heteroatoms. The molecule has 0 bridgehead atoms. The fourth-order valence-corrected chi connectivity index (χ4v) is 15.7. The molecule has 2 nitrogen and oxygen atoms in total. The van der Waals surface area contributed by atoms with E-state index in [0.29, 0.717) is 6.42 Å². The van der Waals surface area contributed by atoms with E-state index < -0.39 is 0 Å². The Hall–Kier alpha value is -5.47. The van der Waals surface area contributed by atoms with Crippen molar-refractivity contribution < 1.29 is 9.53 Å². The van der Waals surface area contributed by atoms with Gasteiger partial charge in [-0.05, 0) is 181 Å². The lowest BCUT2D eigenvalue weighted by Crippen LogP contribution is -2.26. The summed E-state index contributed by atoms with van der Waals surface area (Å²) in [6, 6.07) is 19.3. The molecular formula is C50H28O2. The molecule has 1 spiro atoms. The minimum absolute atomic E-state index is 0.101. The van der Waals surface area contributed by atoms with Crippen molar-refractivity contribution in [3.05, 3.63) is 133 Å². The molecule has 0 N–H and O–H groups in total. The molecule has 9 aliphatic rings. The minimum atomic E-state index is -0.197. The summed E-state index contributed by atoms with van der Waals surface area (Å²) >= 11 is 0. The van der Waals surface area contributed by atoms with Gasteiger partial charge in [0.25, 0.3) is 0 Å². The lowest BCUT2D eigenvalue weighted by atomic mass is 9.70. The van der Waals surface area contributed by atoms with Crippen molar-refractivity contribution in [3.8, 4) is 0 Å². The number of rotatable bonds is 5. The highest BCUT2D eigenvalue weighted by Crippen LogP contribution is 2.91. The quantitative estimate of drug-likeness (QED) is 0.104. The zero-order valence-corrected chi connectivity index (χ0v) is 28.6. The number of esters is 1. The van der Waals surface area contributed by atoms with E-state index in [1.165, 1.54) is 23.6 Å². The monoisotopic (exact) mass is 660 g/mol. The molecule has 8 aromatic carbocycles. The number of hydrogen-bond donors (Lipinski definition) is 0. The van der Waals surface area contributed by atoms with Crippen molar-refractivity contribution in [2.24, 2.45) is 5.41 Å². The number of methoxy groups -OCH3 is 1. The number of carbonyl (C=O) groups is 1. The average Bonchev–Trinajstić information content (AvgIpc) is 3.68. The molecular weight excluding hydrogens is 633 g/mol. The van der Waals surface area contributed by atoms with E-state index in [1.807, 2.05) is 0 Å². The van der Waals surface area contributed by atoms with Gasteiger partial charge in [-0.25, -0.2) is 0 Å². The molecule has 0 heterocycles. The van der Waals surface area contributed by atoms with Gasteiger partial charge in [0.15, 0.2) is 0 Å². The molecule has 1 fully saturated rings. The zero-order valence-electron chi connectivity index (χ0n) is 28.6. The summed E-state index contributed by atoms with van der Waals surface area (Å²) in [6.45, 7) is 0. The van der Waals surface area contributed by atoms with Crippen molar-refractivity contribution >= 4 is 87.8 Å². The molecule has 0 saturated heterocycles. The van der Waals surface area contributed by atoms with Crippen molar-refractivity contribution in [2.45, 2.75) is 55.8 Å². The molecule has 240 valence electrons. The topological polar surface area (TPSA) is 26.3 Å². The fraction of sp³-hybridized carbons (Fsp3) is 0.220. The fourth-order valence-electron chi connectivity index (χ4n) is 15.7. The van der Waals surface area contributed by atoms with Crippen LogP contribution in [-0.4, -0.2) is 13.1 Å². The first-order valence-corrected chi connectivity index (χ1v) is 19.5. The van der Waals surface area contributed by atoms with E-state index in [0.717, 1.165) is 38.5 Å². The Morgan fingerprint density at radius 3 is 2.38 bits per heavy atom. The normalized spacial score (nSPS) is 26.8. The molecule has 0 aromatic heterocycles. The van der Waals surface area contributed by atoms with Crippen LogP contribution in [0, 0.1) is 5.41 Å². The van der Waals surface area contributed by atoms with Crippen LogP contribution in [0.4, 0.5) is 0 Å². The van der Waals surface area contributed by atoms with Gasteiger partial charge in [-0.3, -0.25) is 4.79 Å². The van der Waals surface area contributed by atoms with Crippen LogP contribution in [0.15, 0.2) is 66.3 Å². The average molecular weight is 661 g/mol. The molecule has 17 rings (SSSR count). The second kappa shape index (κ2) is 6.76. The van der Waals surface area contributed by atoms with Crippen molar-refractivity contribution in [1.29, 1.82) is 0 Å². The largest absolute Gasteiger partial charge is 0.469 e. The van der Waals surface area contributed by atoms with Gasteiger partial charge in [0, 0.05) is 22.7 Å². The predicted molar refractivity (Wildman–Crippen MR) is 208 cm³/mol. The van der Waals surface area contributed by atoms with Gasteiger partial charge < -0.3 is 4.74 Å². The van der Waals surface area contributed by atoms with Crippen molar-refractivity contribution in [1.82, 2.24) is 0 Å². The van der Waals surface area contributed by atoms with Crippen LogP contribution in [0.5, 0.6) is 0 Å². The number of allylic oxidation sites excluding steroid dienone is 4. The smallest absolute Gasteiger partial charge is 0.305 e. The lowest BCUT2D eigenvalue weighted by molar-refractivity contribution is -0.140. The van der Waals surface area contributed by atoms with Crippen LogP contribution in [0.25, 0.3) is 81.9 Å². The Bertz CT molecular complexity index is 3480. The first kappa shape index (κ1) is 24.7. The van der Waals surface area contributed by atoms with Gasteiger partial charge in [0.05, 0.1) is 7.11 Å². The number of hydrogen-bond acceptors (Lipinski definition) is 2. The van der Waals surface area contributed by atoms with Crippen molar-refractivity contribution in [2.75, 3.05) is 7.11 Å². The van der Waals surface area contributed by atoms with Gasteiger partial charge in [0.1, 0.15) is 0 Å². The second-order valence-corrected chi connectivity index (χ2v) is 17.9. The molecule has 0 aliphatic heterocycles. The number of ether oxygens (including phenoxy) is 1. The number of benzene rings is 8. The maximum Gasteiger partial charge on any atom is 0.305 e. The third-order valence-corrected chi connectivity index (χ3v) is 16.7. The van der Waals surface area contributed by atoms with Crippen LogP contribution < -0.4 is 0 Å². The first-order chi connectivity index (χ1) is 25.6. The van der Waals surface area contributed by atoms with Gasteiger partial charge in [0.2, 0.25) is 0 Å². The SMILES string of the molecule is COC(=O)CCC[C@]1(c2ccccc2)C23C=Cc4cc5c6c7c8c9c%10c(cc%11cc%12c%13c(c%14c%15c(c%16c(c6c4C%1621)c8c%15c%13c%119)C(=C3)C%14)C%12)CC(=C%107)C5. The maximum atomic E-state index is 12.7. The molecule has 0 amide bonds. The van der Waals surface area contributed by atoms with E-state index >= 15 is 0 Å². The second-order valence-electron chi connectivity index (χ2n) is 17.9. The third kappa shape index (κ3) is 1.85. The van der Waals surface area contributed by atoms with Crippen molar-refractivity contribution in [3.63, 3.8) is 0 Å². The Balaban J connectivity index is 1.18. The van der Waals surface area contributed by atoms with E-state index in [-0.39, 0.29) is 22.2 Å². The summed E-state index contributed by atoms with van der Waals surface area (Å²) in [4.78, 5) is 12.7. The number of carbonyl (C=O) groups excluding carboxylic acids is 1. The summed E-state index contributed by atoms with van der Waals surface area (Å²) < 4.78 is 5.24. The van der Waals surface area contributed by atoms with Gasteiger partial charge in [-0.1, -0.05) is 72.3 Å². The van der Waals surface area contributed by atoms with Crippen LogP contribution in [0.1, 0.15) is 86.0 Å². The van der Waals surface area contributed by atoms with Crippen LogP contribution in [0.3, 0.4) is 0 Å². The molecule has 3 atom stereocenters. The van der Waals surface area contributed by atoms with E-state index in [2.05, 4.69) is 66.8 Å². The molecule has 1 saturated carbocycles. The van der Waals surface area contributed by atoms with Gasteiger partial charge in [-0.2, -0.15) is 0 Å². The highest BCUT2D eigenvalue weighted by atomic mass is 16.5. The van der Waals surface area contributed by atoms with Gasteiger partial charge in [-0.15, -0.1) is 0 Å². The minimum Gasteiger partial charge on any atom is -0.469 e. The zero-order chi connectivity index (χ0) is 33.1. The molecule has 52 heavy (non-hydrogen) atoms. The summed E-state index contributed by atoms with van der Waals surface area (Å²) in [6.07, 6.45) is 14.5. The van der Waals surface area contributed by atoms with Gasteiger partial charge >= 0.3 is 5.97 Å². The highest BCUT2D eigenvalue weighted by molar-refractivity contribution is 6.51. The van der Waals surface area contributed by atoms with E-state index in [9.17, 15) is 4.79 Å². The Morgan fingerprint density at radius 2 is 1.48 bits per heavy atom. The molecule has 0 radical (unpaired) electrons. The Morgan fingerprint density at radius 1 is 0.712 bits per heavy atom.